The minimum absolute atomic E-state index is 0.365. The van der Waals surface area contributed by atoms with Crippen LogP contribution in [0.25, 0.3) is 0 Å². The molecule has 108 valence electrons. The monoisotopic (exact) mass is 340 g/mol. The van der Waals surface area contributed by atoms with Crippen molar-refractivity contribution in [2.45, 2.75) is 25.9 Å². The Bertz CT molecular complexity index is 525. The van der Waals surface area contributed by atoms with Gasteiger partial charge < -0.3 is 15.3 Å². The molecule has 1 fully saturated rings. The molecule has 1 aromatic carbocycles. The fourth-order valence-corrected chi connectivity index (χ4v) is 2.37. The zero-order valence-electron chi connectivity index (χ0n) is 11.2. The summed E-state index contributed by atoms with van der Waals surface area (Å²) in [5, 5.41) is 12.0. The highest BCUT2D eigenvalue weighted by atomic mass is 79.9. The van der Waals surface area contributed by atoms with E-state index < -0.39 is 11.8 Å². The smallest absolute Gasteiger partial charge is 0.313 e. The number of aliphatic hydroxyl groups is 1. The Morgan fingerprint density at radius 2 is 2.00 bits per heavy atom. The van der Waals surface area contributed by atoms with Crippen LogP contribution in [0.15, 0.2) is 22.7 Å². The fraction of sp³-hybridized carbons (Fsp3) is 0.429. The van der Waals surface area contributed by atoms with Gasteiger partial charge in [0.1, 0.15) is 0 Å². The summed E-state index contributed by atoms with van der Waals surface area (Å²) in [6, 6.07) is 5.37. The molecule has 0 aliphatic carbocycles. The third-order valence-corrected chi connectivity index (χ3v) is 4.25. The normalized spacial score (nSPS) is 16.1. The Hall–Kier alpha value is -1.40. The van der Waals surface area contributed by atoms with Gasteiger partial charge in [0, 0.05) is 23.2 Å². The molecule has 1 heterocycles. The van der Waals surface area contributed by atoms with Crippen molar-refractivity contribution in [3.8, 4) is 0 Å². The number of likely N-dealkylation sites (tertiary alicyclic amines) is 1. The van der Waals surface area contributed by atoms with Gasteiger partial charge in [-0.2, -0.15) is 0 Å². The molecule has 1 aliphatic heterocycles. The van der Waals surface area contributed by atoms with Gasteiger partial charge >= 0.3 is 11.8 Å². The van der Waals surface area contributed by atoms with Crippen LogP contribution in [0.2, 0.25) is 0 Å². The van der Waals surface area contributed by atoms with Gasteiger partial charge in [0.05, 0.1) is 6.10 Å². The van der Waals surface area contributed by atoms with Gasteiger partial charge in [0.2, 0.25) is 0 Å². The molecule has 0 saturated carbocycles. The second-order valence-electron chi connectivity index (χ2n) is 4.94. The van der Waals surface area contributed by atoms with E-state index in [4.69, 9.17) is 0 Å². The third-order valence-electron chi connectivity index (χ3n) is 3.36. The highest BCUT2D eigenvalue weighted by Gasteiger charge is 2.26. The van der Waals surface area contributed by atoms with Gasteiger partial charge in [-0.3, -0.25) is 9.59 Å². The molecule has 1 saturated heterocycles. The minimum Gasteiger partial charge on any atom is -0.393 e. The number of piperidine rings is 1. The van der Waals surface area contributed by atoms with Gasteiger partial charge in [-0.25, -0.2) is 0 Å². The summed E-state index contributed by atoms with van der Waals surface area (Å²) in [5.74, 6) is -1.18. The van der Waals surface area contributed by atoms with E-state index in [0.717, 1.165) is 10.0 Å². The molecule has 0 radical (unpaired) electrons. The predicted molar refractivity (Wildman–Crippen MR) is 79.3 cm³/mol. The molecule has 2 N–H and O–H groups in total. The lowest BCUT2D eigenvalue weighted by Gasteiger charge is -2.28. The first-order valence-corrected chi connectivity index (χ1v) is 7.31. The molecule has 20 heavy (non-hydrogen) atoms. The quantitative estimate of drug-likeness (QED) is 0.764. The number of aryl methyl sites for hydroxylation is 1. The van der Waals surface area contributed by atoms with Crippen molar-refractivity contribution < 1.29 is 14.7 Å². The second kappa shape index (κ2) is 6.37. The van der Waals surface area contributed by atoms with E-state index in [1.807, 2.05) is 13.0 Å². The number of nitrogens with one attached hydrogen (secondary N) is 1. The lowest BCUT2D eigenvalue weighted by molar-refractivity contribution is -0.144. The largest absolute Gasteiger partial charge is 0.393 e. The number of aliphatic hydroxyl groups excluding tert-OH is 1. The zero-order valence-corrected chi connectivity index (χ0v) is 12.8. The maximum atomic E-state index is 12.0. The Balaban J connectivity index is 1.97. The number of carbonyl (C=O) groups is 2. The number of carbonyl (C=O) groups excluding carboxylic acids is 2. The first-order valence-electron chi connectivity index (χ1n) is 6.52. The topological polar surface area (TPSA) is 69.6 Å². The van der Waals surface area contributed by atoms with E-state index in [2.05, 4.69) is 21.2 Å². The van der Waals surface area contributed by atoms with E-state index in [1.54, 1.807) is 12.1 Å². The van der Waals surface area contributed by atoms with Crippen molar-refractivity contribution in [3.63, 3.8) is 0 Å². The zero-order chi connectivity index (χ0) is 14.7. The molecule has 2 rings (SSSR count). The Morgan fingerprint density at radius 1 is 1.35 bits per heavy atom. The van der Waals surface area contributed by atoms with Crippen molar-refractivity contribution in [1.82, 2.24) is 4.90 Å². The molecular formula is C14H17BrN2O3. The molecule has 0 spiro atoms. The Morgan fingerprint density at radius 3 is 2.60 bits per heavy atom. The summed E-state index contributed by atoms with van der Waals surface area (Å²) in [7, 11) is 0. The van der Waals surface area contributed by atoms with Gasteiger partial charge in [-0.15, -0.1) is 0 Å². The summed E-state index contributed by atoms with van der Waals surface area (Å²) in [5.41, 5.74) is 1.58. The minimum atomic E-state index is -0.636. The highest BCUT2D eigenvalue weighted by Crippen LogP contribution is 2.20. The van der Waals surface area contributed by atoms with Gasteiger partial charge in [0.25, 0.3) is 0 Å². The number of halogens is 1. The molecule has 0 unspecified atom stereocenters. The van der Waals surface area contributed by atoms with E-state index >= 15 is 0 Å². The number of amides is 2. The summed E-state index contributed by atoms with van der Waals surface area (Å²) in [6.07, 6.45) is 0.684. The maximum absolute atomic E-state index is 12.0. The third kappa shape index (κ3) is 3.58. The van der Waals surface area contributed by atoms with Crippen molar-refractivity contribution in [3.05, 3.63) is 28.2 Å². The molecule has 2 amide bonds. The summed E-state index contributed by atoms with van der Waals surface area (Å²) < 4.78 is 0.951. The van der Waals surface area contributed by atoms with Crippen LogP contribution in [0.3, 0.4) is 0 Å². The van der Waals surface area contributed by atoms with Crippen LogP contribution < -0.4 is 5.32 Å². The number of rotatable bonds is 1. The van der Waals surface area contributed by atoms with Crippen LogP contribution in [-0.4, -0.2) is 41.0 Å². The van der Waals surface area contributed by atoms with Crippen LogP contribution in [0.4, 0.5) is 5.69 Å². The average Bonchev–Trinajstić information content (AvgIpc) is 2.43. The Kier molecular flexibility index (Phi) is 4.77. The average molecular weight is 341 g/mol. The standard InChI is InChI=1S/C14H17BrN2O3/c1-9-8-10(2-3-12(9)15)16-13(19)14(20)17-6-4-11(18)5-7-17/h2-3,8,11,18H,4-7H2,1H3,(H,16,19). The first-order chi connectivity index (χ1) is 9.47. The van der Waals surface area contributed by atoms with E-state index in [0.29, 0.717) is 31.6 Å². The van der Waals surface area contributed by atoms with Crippen LogP contribution in [0, 0.1) is 6.92 Å². The first kappa shape index (κ1) is 15.0. The number of nitrogens with zero attached hydrogens (tertiary/aromatic N) is 1. The molecule has 0 bridgehead atoms. The number of hydrogen-bond acceptors (Lipinski definition) is 3. The molecule has 1 aromatic rings. The summed E-state index contributed by atoms with van der Waals surface area (Å²) in [4.78, 5) is 25.4. The number of benzene rings is 1. The Labute approximate surface area is 126 Å². The number of hydrogen-bond donors (Lipinski definition) is 2. The molecule has 0 atom stereocenters. The molecular weight excluding hydrogens is 324 g/mol. The van der Waals surface area contributed by atoms with Gasteiger partial charge in [-0.05, 0) is 43.5 Å². The predicted octanol–water partition coefficient (Wildman–Crippen LogP) is 1.68. The van der Waals surface area contributed by atoms with E-state index in [9.17, 15) is 14.7 Å². The fourth-order valence-electron chi connectivity index (χ4n) is 2.12. The molecule has 1 aliphatic rings. The SMILES string of the molecule is Cc1cc(NC(=O)C(=O)N2CCC(O)CC2)ccc1Br. The molecule has 6 heteroatoms. The van der Waals surface area contributed by atoms with Crippen LogP contribution in [-0.2, 0) is 9.59 Å². The molecule has 0 aromatic heterocycles. The van der Waals surface area contributed by atoms with Crippen molar-refractivity contribution >= 4 is 33.4 Å². The number of anilines is 1. The van der Waals surface area contributed by atoms with Crippen molar-refractivity contribution in [2.75, 3.05) is 18.4 Å². The summed E-state index contributed by atoms with van der Waals surface area (Å²) >= 11 is 3.38. The van der Waals surface area contributed by atoms with E-state index in [1.165, 1.54) is 4.90 Å². The van der Waals surface area contributed by atoms with Crippen LogP contribution >= 0.6 is 15.9 Å². The van der Waals surface area contributed by atoms with E-state index in [-0.39, 0.29) is 6.10 Å². The lowest BCUT2D eigenvalue weighted by Crippen LogP contribution is -2.45. The second-order valence-corrected chi connectivity index (χ2v) is 5.80. The molecule has 5 nitrogen and oxygen atoms in total. The van der Waals surface area contributed by atoms with Crippen molar-refractivity contribution in [1.29, 1.82) is 0 Å². The maximum Gasteiger partial charge on any atom is 0.313 e. The van der Waals surface area contributed by atoms with Gasteiger partial charge in [0.15, 0.2) is 0 Å². The van der Waals surface area contributed by atoms with Crippen molar-refractivity contribution in [2.24, 2.45) is 0 Å². The van der Waals surface area contributed by atoms with Crippen LogP contribution in [0.5, 0.6) is 0 Å². The highest BCUT2D eigenvalue weighted by molar-refractivity contribution is 9.10. The lowest BCUT2D eigenvalue weighted by atomic mass is 10.1. The van der Waals surface area contributed by atoms with Crippen LogP contribution in [0.1, 0.15) is 18.4 Å². The van der Waals surface area contributed by atoms with Gasteiger partial charge in [-0.1, -0.05) is 15.9 Å². The summed E-state index contributed by atoms with van der Waals surface area (Å²) in [6.45, 7) is 2.76.